The lowest BCUT2D eigenvalue weighted by atomic mass is 10.4. The van der Waals surface area contributed by atoms with E-state index in [4.69, 9.17) is 4.74 Å². The summed E-state index contributed by atoms with van der Waals surface area (Å²) in [5.41, 5.74) is 0. The molecule has 10 nitrogen and oxygen atoms in total. The number of aromatic nitrogens is 2. The first-order valence-corrected chi connectivity index (χ1v) is 9.13. The minimum Gasteiger partial charge on any atom is -0.450 e. The second-order valence-electron chi connectivity index (χ2n) is 4.64. The number of carbonyl (C=O) groups is 2. The monoisotopic (exact) mass is 363 g/mol. The quantitative estimate of drug-likeness (QED) is 0.745. The minimum absolute atomic E-state index is 0.126. The van der Waals surface area contributed by atoms with E-state index in [1.807, 2.05) is 0 Å². The van der Waals surface area contributed by atoms with E-state index in [-0.39, 0.29) is 48.2 Å². The van der Waals surface area contributed by atoms with Crippen LogP contribution in [0.1, 0.15) is 13.8 Å². The molecule has 0 atom stereocenters. The normalized spacial score (nSPS) is 16.2. The van der Waals surface area contributed by atoms with Gasteiger partial charge in [-0.2, -0.15) is 4.31 Å². The maximum absolute atomic E-state index is 12.5. The van der Waals surface area contributed by atoms with Crippen molar-refractivity contribution in [3.63, 3.8) is 0 Å². The molecule has 1 fully saturated rings. The maximum atomic E-state index is 12.5. The number of nitrogens with one attached hydrogen (secondary N) is 1. The molecule has 1 N–H and O–H groups in total. The van der Waals surface area contributed by atoms with Crippen LogP contribution in [0.5, 0.6) is 0 Å². The van der Waals surface area contributed by atoms with Gasteiger partial charge in [-0.05, 0) is 6.92 Å². The van der Waals surface area contributed by atoms with E-state index >= 15 is 0 Å². The van der Waals surface area contributed by atoms with Crippen LogP contribution in [0.3, 0.4) is 0 Å². The highest BCUT2D eigenvalue weighted by Gasteiger charge is 2.33. The lowest BCUT2D eigenvalue weighted by Crippen LogP contribution is -2.50. The molecule has 1 aliphatic heterocycles. The highest BCUT2D eigenvalue weighted by molar-refractivity contribution is 7.91. The summed E-state index contributed by atoms with van der Waals surface area (Å²) in [7, 11) is -3.79. The van der Waals surface area contributed by atoms with E-state index < -0.39 is 16.1 Å². The van der Waals surface area contributed by atoms with Gasteiger partial charge in [-0.15, -0.1) is 10.2 Å². The Morgan fingerprint density at radius 2 is 1.91 bits per heavy atom. The van der Waals surface area contributed by atoms with Crippen molar-refractivity contribution in [2.24, 2.45) is 0 Å². The highest BCUT2D eigenvalue weighted by Crippen LogP contribution is 2.24. The fraction of sp³-hybridized carbons (Fsp3) is 0.636. The molecule has 1 aromatic heterocycles. The summed E-state index contributed by atoms with van der Waals surface area (Å²) < 4.78 is 30.9. The second-order valence-corrected chi connectivity index (χ2v) is 7.73. The van der Waals surface area contributed by atoms with Crippen LogP contribution < -0.4 is 5.32 Å². The molecule has 0 aromatic carbocycles. The number of anilines is 1. The number of hydrogen-bond acceptors (Lipinski definition) is 8. The van der Waals surface area contributed by atoms with Crippen molar-refractivity contribution in [2.45, 2.75) is 18.2 Å². The Morgan fingerprint density at radius 3 is 2.48 bits per heavy atom. The minimum atomic E-state index is -3.79. The molecule has 1 saturated heterocycles. The summed E-state index contributed by atoms with van der Waals surface area (Å²) in [6, 6.07) is 0. The number of hydrogen-bond donors (Lipinski definition) is 1. The third-order valence-corrected chi connectivity index (χ3v) is 6.10. The fourth-order valence-corrected chi connectivity index (χ4v) is 4.46. The first kappa shape index (κ1) is 17.6. The van der Waals surface area contributed by atoms with Crippen LogP contribution in [-0.2, 0) is 19.6 Å². The summed E-state index contributed by atoms with van der Waals surface area (Å²) >= 11 is 0.788. The van der Waals surface area contributed by atoms with E-state index in [0.717, 1.165) is 11.3 Å². The predicted molar refractivity (Wildman–Crippen MR) is 81.6 cm³/mol. The molecule has 1 aliphatic rings. The third-order valence-electron chi connectivity index (χ3n) is 3.01. The Morgan fingerprint density at radius 1 is 1.26 bits per heavy atom. The van der Waals surface area contributed by atoms with Gasteiger partial charge in [-0.25, -0.2) is 13.2 Å². The summed E-state index contributed by atoms with van der Waals surface area (Å²) in [5.74, 6) is -0.354. The van der Waals surface area contributed by atoms with Gasteiger partial charge in [-0.1, -0.05) is 11.3 Å². The SMILES string of the molecule is CCOC(=O)N1CCN(S(=O)(=O)c2nnc(NC(C)=O)s2)CC1. The molecule has 128 valence electrons. The standard InChI is InChI=1S/C11H17N5O5S2/c1-3-21-11(18)15-4-6-16(7-5-15)23(19,20)10-14-13-9(22-10)12-8(2)17/h3-7H2,1-2H3,(H,12,13,17). The van der Waals surface area contributed by atoms with Crippen molar-refractivity contribution < 1.29 is 22.7 Å². The molecule has 2 amide bonds. The van der Waals surface area contributed by atoms with Crippen LogP contribution in [-0.4, -0.2) is 72.6 Å². The van der Waals surface area contributed by atoms with Gasteiger partial charge >= 0.3 is 6.09 Å². The summed E-state index contributed by atoms with van der Waals surface area (Å²) in [4.78, 5) is 24.0. The average molecular weight is 363 g/mol. The Balaban J connectivity index is 2.03. The molecule has 0 unspecified atom stereocenters. The Kier molecular flexibility index (Phi) is 5.49. The molecule has 0 spiro atoms. The average Bonchev–Trinajstić information content (AvgIpc) is 2.96. The molecule has 23 heavy (non-hydrogen) atoms. The van der Waals surface area contributed by atoms with Crippen molar-refractivity contribution in [3.8, 4) is 0 Å². The number of nitrogens with zero attached hydrogens (tertiary/aromatic N) is 4. The molecule has 0 aliphatic carbocycles. The van der Waals surface area contributed by atoms with Crippen LogP contribution in [0.15, 0.2) is 4.34 Å². The second kappa shape index (κ2) is 7.19. The van der Waals surface area contributed by atoms with E-state index in [0.29, 0.717) is 0 Å². The summed E-state index contributed by atoms with van der Waals surface area (Å²) in [6.07, 6.45) is -0.451. The van der Waals surface area contributed by atoms with E-state index in [1.165, 1.54) is 16.1 Å². The number of rotatable bonds is 4. The number of piperazine rings is 1. The van der Waals surface area contributed by atoms with Crippen LogP contribution in [0.25, 0.3) is 0 Å². The van der Waals surface area contributed by atoms with Gasteiger partial charge in [-0.3, -0.25) is 4.79 Å². The molecule has 2 rings (SSSR count). The third kappa shape index (κ3) is 4.14. The zero-order valence-corrected chi connectivity index (χ0v) is 14.3. The molecular formula is C11H17N5O5S2. The zero-order valence-electron chi connectivity index (χ0n) is 12.7. The number of carbonyl (C=O) groups excluding carboxylic acids is 2. The Hall–Kier alpha value is -1.79. The van der Waals surface area contributed by atoms with Crippen molar-refractivity contribution in [1.82, 2.24) is 19.4 Å². The van der Waals surface area contributed by atoms with Crippen LogP contribution in [0, 0.1) is 0 Å². The van der Waals surface area contributed by atoms with Gasteiger partial charge in [0.05, 0.1) is 6.61 Å². The first-order valence-electron chi connectivity index (χ1n) is 6.87. The summed E-state index contributed by atoms with van der Waals surface area (Å²) in [5, 5.41) is 9.77. The number of sulfonamides is 1. The number of amides is 2. The topological polar surface area (TPSA) is 122 Å². The highest BCUT2D eigenvalue weighted by atomic mass is 32.2. The molecule has 0 bridgehead atoms. The molecule has 12 heteroatoms. The van der Waals surface area contributed by atoms with Crippen molar-refractivity contribution in [3.05, 3.63) is 0 Å². The molecule has 0 saturated carbocycles. The van der Waals surface area contributed by atoms with Crippen LogP contribution in [0.2, 0.25) is 0 Å². The van der Waals surface area contributed by atoms with Gasteiger partial charge in [0.1, 0.15) is 0 Å². The zero-order chi connectivity index (χ0) is 17.0. The first-order chi connectivity index (χ1) is 10.8. The molecule has 2 heterocycles. The van der Waals surface area contributed by atoms with Gasteiger partial charge in [0.25, 0.3) is 10.0 Å². The van der Waals surface area contributed by atoms with Crippen molar-refractivity contribution >= 4 is 38.5 Å². The maximum Gasteiger partial charge on any atom is 0.409 e. The molecule has 1 aromatic rings. The van der Waals surface area contributed by atoms with Gasteiger partial charge < -0.3 is 15.0 Å². The molecule has 0 radical (unpaired) electrons. The lowest BCUT2D eigenvalue weighted by molar-refractivity contribution is -0.114. The van der Waals surface area contributed by atoms with Crippen LogP contribution >= 0.6 is 11.3 Å². The Bertz CT molecular complexity index is 681. The van der Waals surface area contributed by atoms with E-state index in [1.54, 1.807) is 6.92 Å². The molecular weight excluding hydrogens is 346 g/mol. The Labute approximate surface area is 137 Å². The van der Waals surface area contributed by atoms with Gasteiger partial charge in [0.15, 0.2) is 0 Å². The lowest BCUT2D eigenvalue weighted by Gasteiger charge is -2.32. The van der Waals surface area contributed by atoms with E-state index in [2.05, 4.69) is 15.5 Å². The van der Waals surface area contributed by atoms with Gasteiger partial charge in [0, 0.05) is 33.1 Å². The van der Waals surface area contributed by atoms with Crippen LogP contribution in [0.4, 0.5) is 9.93 Å². The van der Waals surface area contributed by atoms with Crippen molar-refractivity contribution in [1.29, 1.82) is 0 Å². The van der Waals surface area contributed by atoms with Gasteiger partial charge in [0.2, 0.25) is 15.4 Å². The van der Waals surface area contributed by atoms with Crippen molar-refractivity contribution in [2.75, 3.05) is 38.1 Å². The fourth-order valence-electron chi connectivity index (χ4n) is 1.95. The summed E-state index contributed by atoms with van der Waals surface area (Å²) in [6.45, 7) is 4.07. The smallest absolute Gasteiger partial charge is 0.409 e. The van der Waals surface area contributed by atoms with E-state index in [9.17, 15) is 18.0 Å². The predicted octanol–water partition coefficient (Wildman–Crippen LogP) is -0.0407. The largest absolute Gasteiger partial charge is 0.450 e. The number of ether oxygens (including phenoxy) is 1.